The third-order valence-electron chi connectivity index (χ3n) is 3.97. The van der Waals surface area contributed by atoms with Gasteiger partial charge >= 0.3 is 0 Å². The van der Waals surface area contributed by atoms with Gasteiger partial charge in [0.25, 0.3) is 0 Å². The summed E-state index contributed by atoms with van der Waals surface area (Å²) in [4.78, 5) is 2.36. The van der Waals surface area contributed by atoms with Gasteiger partial charge in [0.05, 0.1) is 11.8 Å². The summed E-state index contributed by atoms with van der Waals surface area (Å²) in [5.74, 6) is 0.393. The van der Waals surface area contributed by atoms with E-state index in [1.54, 1.807) is 0 Å². The second kappa shape index (κ2) is 6.92. The van der Waals surface area contributed by atoms with Crippen molar-refractivity contribution in [2.45, 2.75) is 45.9 Å². The predicted molar refractivity (Wildman–Crippen MR) is 88.1 cm³/mol. The Morgan fingerprint density at radius 2 is 2.15 bits per heavy atom. The number of benzene rings is 1. The van der Waals surface area contributed by atoms with Crippen molar-refractivity contribution in [1.82, 2.24) is 5.32 Å². The van der Waals surface area contributed by atoms with Gasteiger partial charge in [-0.05, 0) is 47.0 Å². The Hall–Kier alpha value is -0.580. The number of hydrogen-bond acceptors (Lipinski definition) is 3. The van der Waals surface area contributed by atoms with Crippen LogP contribution in [-0.4, -0.2) is 30.3 Å². The van der Waals surface area contributed by atoms with E-state index in [4.69, 9.17) is 0 Å². The highest BCUT2D eigenvalue weighted by atomic mass is 79.9. The van der Waals surface area contributed by atoms with Gasteiger partial charge in [-0.1, -0.05) is 19.9 Å². The molecule has 2 atom stereocenters. The van der Waals surface area contributed by atoms with E-state index in [9.17, 15) is 5.11 Å². The van der Waals surface area contributed by atoms with Gasteiger partial charge in [0, 0.05) is 36.1 Å². The maximum Gasteiger partial charge on any atom is 0.0557 e. The van der Waals surface area contributed by atoms with Crippen LogP contribution in [0.2, 0.25) is 0 Å². The van der Waals surface area contributed by atoms with Crippen LogP contribution in [0.5, 0.6) is 0 Å². The third kappa shape index (κ3) is 3.96. The molecule has 0 amide bonds. The van der Waals surface area contributed by atoms with Gasteiger partial charge in [-0.3, -0.25) is 0 Å². The fourth-order valence-electron chi connectivity index (χ4n) is 2.64. The first kappa shape index (κ1) is 15.8. The second-order valence-electron chi connectivity index (χ2n) is 6.06. The molecule has 0 spiro atoms. The molecule has 0 radical (unpaired) electrons. The zero-order valence-electron chi connectivity index (χ0n) is 12.6. The minimum atomic E-state index is -0.215. The Morgan fingerprint density at radius 3 is 2.70 bits per heavy atom. The average molecular weight is 341 g/mol. The highest BCUT2D eigenvalue weighted by Crippen LogP contribution is 2.32. The summed E-state index contributed by atoms with van der Waals surface area (Å²) in [6.45, 7) is 9.07. The van der Waals surface area contributed by atoms with E-state index in [1.165, 1.54) is 11.3 Å². The first-order valence-electron chi connectivity index (χ1n) is 7.42. The second-order valence-corrected chi connectivity index (χ2v) is 6.91. The number of nitrogens with zero attached hydrogens (tertiary/aromatic N) is 1. The maximum atomic E-state index is 9.71. The largest absolute Gasteiger partial charge is 0.393 e. The third-order valence-corrected chi connectivity index (χ3v) is 4.61. The number of hydrogen-bond donors (Lipinski definition) is 2. The lowest BCUT2D eigenvalue weighted by Crippen LogP contribution is -2.24. The molecule has 0 bridgehead atoms. The smallest absolute Gasteiger partial charge is 0.0557 e. The topological polar surface area (TPSA) is 35.5 Å². The van der Waals surface area contributed by atoms with Crippen LogP contribution in [0.1, 0.15) is 32.8 Å². The molecule has 1 aromatic rings. The Balaban J connectivity index is 2.03. The van der Waals surface area contributed by atoms with E-state index in [1.807, 2.05) is 6.92 Å². The van der Waals surface area contributed by atoms with Crippen LogP contribution in [0.3, 0.4) is 0 Å². The molecule has 1 aromatic carbocycles. The van der Waals surface area contributed by atoms with Crippen molar-refractivity contribution in [2.24, 2.45) is 5.92 Å². The van der Waals surface area contributed by atoms with E-state index in [0.29, 0.717) is 12.0 Å². The van der Waals surface area contributed by atoms with Crippen molar-refractivity contribution in [3.05, 3.63) is 28.2 Å². The standard InChI is InChI=1S/C16H25BrN2O/c1-11(2)18-9-13-4-5-16(15(17)8-13)19-7-6-14(10-19)12(3)20/h4-5,8,11-12,14,18,20H,6-7,9-10H2,1-3H3. The maximum absolute atomic E-state index is 9.71. The van der Waals surface area contributed by atoms with Gasteiger partial charge in [-0.15, -0.1) is 0 Å². The Kier molecular flexibility index (Phi) is 5.47. The summed E-state index contributed by atoms with van der Waals surface area (Å²) in [5, 5.41) is 13.1. The lowest BCUT2D eigenvalue weighted by Gasteiger charge is -2.22. The number of anilines is 1. The zero-order valence-corrected chi connectivity index (χ0v) is 14.2. The van der Waals surface area contributed by atoms with Crippen LogP contribution in [-0.2, 0) is 6.54 Å². The van der Waals surface area contributed by atoms with E-state index in [0.717, 1.165) is 30.5 Å². The molecule has 2 unspecified atom stereocenters. The number of halogens is 1. The van der Waals surface area contributed by atoms with E-state index in [-0.39, 0.29) is 6.10 Å². The fraction of sp³-hybridized carbons (Fsp3) is 0.625. The van der Waals surface area contributed by atoms with Crippen LogP contribution in [0.4, 0.5) is 5.69 Å². The average Bonchev–Trinajstić information content (AvgIpc) is 2.86. The van der Waals surface area contributed by atoms with Crippen LogP contribution < -0.4 is 10.2 Å². The molecule has 1 fully saturated rings. The van der Waals surface area contributed by atoms with Gasteiger partial charge < -0.3 is 15.3 Å². The monoisotopic (exact) mass is 340 g/mol. The molecule has 112 valence electrons. The molecule has 1 saturated heterocycles. The minimum Gasteiger partial charge on any atom is -0.393 e. The summed E-state index contributed by atoms with van der Waals surface area (Å²) in [6, 6.07) is 7.07. The summed E-state index contributed by atoms with van der Waals surface area (Å²) >= 11 is 3.69. The molecule has 1 aliphatic heterocycles. The van der Waals surface area contributed by atoms with E-state index in [2.05, 4.69) is 58.2 Å². The molecule has 1 aliphatic rings. The van der Waals surface area contributed by atoms with E-state index >= 15 is 0 Å². The molecule has 3 nitrogen and oxygen atoms in total. The van der Waals surface area contributed by atoms with Crippen molar-refractivity contribution in [2.75, 3.05) is 18.0 Å². The van der Waals surface area contributed by atoms with Crippen molar-refractivity contribution in [3.8, 4) is 0 Å². The fourth-order valence-corrected chi connectivity index (χ4v) is 3.32. The lowest BCUT2D eigenvalue weighted by atomic mass is 10.0. The summed E-state index contributed by atoms with van der Waals surface area (Å²) in [6.07, 6.45) is 0.856. The van der Waals surface area contributed by atoms with Crippen molar-refractivity contribution < 1.29 is 5.11 Å². The molecule has 20 heavy (non-hydrogen) atoms. The number of rotatable bonds is 5. The molecular weight excluding hydrogens is 316 g/mol. The minimum absolute atomic E-state index is 0.215. The Morgan fingerprint density at radius 1 is 1.40 bits per heavy atom. The first-order chi connectivity index (χ1) is 9.47. The molecule has 0 saturated carbocycles. The van der Waals surface area contributed by atoms with E-state index < -0.39 is 0 Å². The molecule has 1 heterocycles. The SMILES string of the molecule is CC(C)NCc1ccc(N2CCC(C(C)O)C2)c(Br)c1. The van der Waals surface area contributed by atoms with Crippen molar-refractivity contribution >= 4 is 21.6 Å². The molecule has 0 aromatic heterocycles. The van der Waals surface area contributed by atoms with Gasteiger partial charge in [0.1, 0.15) is 0 Å². The number of aliphatic hydroxyl groups is 1. The van der Waals surface area contributed by atoms with Crippen LogP contribution in [0, 0.1) is 5.92 Å². The van der Waals surface area contributed by atoms with Crippen molar-refractivity contribution in [1.29, 1.82) is 0 Å². The van der Waals surface area contributed by atoms with Gasteiger partial charge in [0.15, 0.2) is 0 Å². The van der Waals surface area contributed by atoms with Crippen LogP contribution in [0.25, 0.3) is 0 Å². The first-order valence-corrected chi connectivity index (χ1v) is 8.21. The quantitative estimate of drug-likeness (QED) is 0.864. The normalized spacial score (nSPS) is 20.7. The molecular formula is C16H25BrN2O. The van der Waals surface area contributed by atoms with Gasteiger partial charge in [-0.25, -0.2) is 0 Å². The molecule has 0 aliphatic carbocycles. The van der Waals surface area contributed by atoms with Crippen molar-refractivity contribution in [3.63, 3.8) is 0 Å². The van der Waals surface area contributed by atoms with Crippen LogP contribution >= 0.6 is 15.9 Å². The number of aliphatic hydroxyl groups excluding tert-OH is 1. The highest BCUT2D eigenvalue weighted by molar-refractivity contribution is 9.10. The molecule has 2 rings (SSSR count). The number of nitrogens with one attached hydrogen (secondary N) is 1. The lowest BCUT2D eigenvalue weighted by molar-refractivity contribution is 0.136. The Bertz CT molecular complexity index is 448. The highest BCUT2D eigenvalue weighted by Gasteiger charge is 2.27. The predicted octanol–water partition coefficient (Wildman–Crippen LogP) is 3.15. The summed E-state index contributed by atoms with van der Waals surface area (Å²) < 4.78 is 1.15. The Labute approximate surface area is 130 Å². The molecule has 2 N–H and O–H groups in total. The van der Waals surface area contributed by atoms with Crippen LogP contribution in [0.15, 0.2) is 22.7 Å². The summed E-state index contributed by atoms with van der Waals surface area (Å²) in [5.41, 5.74) is 2.53. The van der Waals surface area contributed by atoms with Gasteiger partial charge in [0.2, 0.25) is 0 Å². The zero-order chi connectivity index (χ0) is 14.7. The molecule has 4 heteroatoms. The van der Waals surface area contributed by atoms with Gasteiger partial charge in [-0.2, -0.15) is 0 Å². The summed E-state index contributed by atoms with van der Waals surface area (Å²) in [7, 11) is 0.